The van der Waals surface area contributed by atoms with Crippen LogP contribution < -0.4 is 14.4 Å². The summed E-state index contributed by atoms with van der Waals surface area (Å²) in [5, 5.41) is 0. The molecular weight excluding hydrogens is 364 g/mol. The van der Waals surface area contributed by atoms with Crippen molar-refractivity contribution in [3.63, 3.8) is 0 Å². The van der Waals surface area contributed by atoms with Gasteiger partial charge in [-0.05, 0) is 49.6 Å². The molecule has 1 aliphatic heterocycles. The fourth-order valence-electron chi connectivity index (χ4n) is 3.25. The van der Waals surface area contributed by atoms with E-state index in [9.17, 15) is 13.2 Å². The molecule has 0 spiro atoms. The number of hydrogen-bond donors (Lipinski definition) is 1. The van der Waals surface area contributed by atoms with Gasteiger partial charge in [0.1, 0.15) is 11.9 Å². The highest BCUT2D eigenvalue weighted by molar-refractivity contribution is 7.92. The molecule has 1 atom stereocenters. The van der Waals surface area contributed by atoms with Gasteiger partial charge in [0.25, 0.3) is 10.0 Å². The summed E-state index contributed by atoms with van der Waals surface area (Å²) in [4.78, 5) is 13.6. The second-order valence-electron chi connectivity index (χ2n) is 6.76. The zero-order valence-electron chi connectivity index (χ0n) is 15.9. The van der Waals surface area contributed by atoms with Crippen molar-refractivity contribution in [3.8, 4) is 5.75 Å². The summed E-state index contributed by atoms with van der Waals surface area (Å²) in [6, 6.07) is 10.3. The number of para-hydroxylation sites is 1. The van der Waals surface area contributed by atoms with E-state index in [0.29, 0.717) is 30.1 Å². The summed E-state index contributed by atoms with van der Waals surface area (Å²) in [7, 11) is -3.81. The van der Waals surface area contributed by atoms with Crippen LogP contribution in [0.3, 0.4) is 0 Å². The molecule has 0 bridgehead atoms. The normalized spacial score (nSPS) is 16.4. The minimum atomic E-state index is -3.81. The lowest BCUT2D eigenvalue weighted by Crippen LogP contribution is -2.41. The zero-order valence-corrected chi connectivity index (χ0v) is 16.8. The van der Waals surface area contributed by atoms with Crippen LogP contribution in [0.25, 0.3) is 0 Å². The fourth-order valence-corrected chi connectivity index (χ4v) is 4.44. The molecule has 0 radical (unpaired) electrons. The first-order valence-electron chi connectivity index (χ1n) is 8.93. The molecule has 1 N–H and O–H groups in total. The van der Waals surface area contributed by atoms with Gasteiger partial charge in [-0.3, -0.25) is 9.52 Å². The lowest BCUT2D eigenvalue weighted by atomic mass is 10.1. The number of hydrogen-bond acceptors (Lipinski definition) is 4. The highest BCUT2D eigenvalue weighted by atomic mass is 32.2. The Balaban J connectivity index is 2.02. The molecule has 0 aliphatic carbocycles. The molecule has 1 amide bonds. The number of benzene rings is 2. The number of amides is 1. The van der Waals surface area contributed by atoms with Gasteiger partial charge in [0.05, 0.1) is 22.8 Å². The van der Waals surface area contributed by atoms with Gasteiger partial charge in [0, 0.05) is 6.92 Å². The highest BCUT2D eigenvalue weighted by Gasteiger charge is 2.28. The minimum Gasteiger partial charge on any atom is -0.487 e. The maximum atomic E-state index is 13.0. The average Bonchev–Trinajstić information content (AvgIpc) is 2.62. The van der Waals surface area contributed by atoms with E-state index in [0.717, 1.165) is 11.1 Å². The fraction of sp³-hybridized carbons (Fsp3) is 0.350. The van der Waals surface area contributed by atoms with Crippen molar-refractivity contribution in [1.82, 2.24) is 0 Å². The summed E-state index contributed by atoms with van der Waals surface area (Å²) in [5.74, 6) is 0.356. The van der Waals surface area contributed by atoms with Crippen LogP contribution >= 0.6 is 0 Å². The number of carbonyl (C=O) groups excluding carboxylic acids is 1. The van der Waals surface area contributed by atoms with Gasteiger partial charge in [0.15, 0.2) is 0 Å². The number of ether oxygens (including phenoxy) is 1. The predicted molar refractivity (Wildman–Crippen MR) is 106 cm³/mol. The van der Waals surface area contributed by atoms with Crippen molar-refractivity contribution in [2.45, 2.75) is 45.1 Å². The van der Waals surface area contributed by atoms with Crippen molar-refractivity contribution in [3.05, 3.63) is 47.5 Å². The first kappa shape index (κ1) is 19.2. The molecule has 1 heterocycles. The van der Waals surface area contributed by atoms with E-state index < -0.39 is 10.0 Å². The van der Waals surface area contributed by atoms with E-state index in [4.69, 9.17) is 4.74 Å². The Labute approximate surface area is 160 Å². The van der Waals surface area contributed by atoms with Crippen molar-refractivity contribution < 1.29 is 17.9 Å². The highest BCUT2D eigenvalue weighted by Crippen LogP contribution is 2.36. The zero-order chi connectivity index (χ0) is 19.8. The number of fused-ring (bicyclic) bond motifs is 1. The standard InChI is InChI=1S/C20H24N2O4S/c1-5-16-8-6-7-13(2)20(16)21-27(24,25)17-9-10-19-18(11-17)22(15(4)23)12-14(3)26-19/h6-11,14,21H,5,12H2,1-4H3/t14-/m0/s1. The summed E-state index contributed by atoms with van der Waals surface area (Å²) in [6.07, 6.45) is 0.564. The maximum absolute atomic E-state index is 13.0. The largest absolute Gasteiger partial charge is 0.487 e. The molecule has 2 aromatic carbocycles. The Kier molecular flexibility index (Phi) is 5.15. The molecule has 0 fully saturated rings. The van der Waals surface area contributed by atoms with Gasteiger partial charge in [-0.25, -0.2) is 8.42 Å². The van der Waals surface area contributed by atoms with Crippen LogP contribution in [0.1, 0.15) is 31.9 Å². The summed E-state index contributed by atoms with van der Waals surface area (Å²) < 4.78 is 34.4. The molecule has 2 aromatic rings. The Morgan fingerprint density at radius 3 is 2.70 bits per heavy atom. The van der Waals surface area contributed by atoms with Crippen molar-refractivity contribution in [1.29, 1.82) is 0 Å². The van der Waals surface area contributed by atoms with E-state index in [1.807, 2.05) is 39.0 Å². The molecule has 7 heteroatoms. The Morgan fingerprint density at radius 1 is 1.30 bits per heavy atom. The van der Waals surface area contributed by atoms with Crippen LogP contribution in [0.15, 0.2) is 41.3 Å². The lowest BCUT2D eigenvalue weighted by molar-refractivity contribution is -0.117. The van der Waals surface area contributed by atoms with Crippen LogP contribution in [0.4, 0.5) is 11.4 Å². The third kappa shape index (κ3) is 3.78. The number of carbonyl (C=O) groups is 1. The third-order valence-corrected chi connectivity index (χ3v) is 6.00. The second-order valence-corrected chi connectivity index (χ2v) is 8.44. The summed E-state index contributed by atoms with van der Waals surface area (Å²) >= 11 is 0. The third-order valence-electron chi connectivity index (χ3n) is 4.66. The van der Waals surface area contributed by atoms with E-state index >= 15 is 0 Å². The Bertz CT molecular complexity index is 985. The van der Waals surface area contributed by atoms with Crippen LogP contribution in [0.2, 0.25) is 0 Å². The predicted octanol–water partition coefficient (Wildman–Crippen LogP) is 3.49. The summed E-state index contributed by atoms with van der Waals surface area (Å²) in [5.41, 5.74) is 2.87. The molecule has 144 valence electrons. The number of anilines is 2. The Morgan fingerprint density at radius 2 is 2.04 bits per heavy atom. The van der Waals surface area contributed by atoms with Crippen molar-refractivity contribution in [2.24, 2.45) is 0 Å². The smallest absolute Gasteiger partial charge is 0.261 e. The molecule has 0 saturated carbocycles. The molecule has 27 heavy (non-hydrogen) atoms. The quantitative estimate of drug-likeness (QED) is 0.870. The van der Waals surface area contributed by atoms with Crippen molar-refractivity contribution >= 4 is 27.3 Å². The average molecular weight is 388 g/mol. The molecule has 0 saturated heterocycles. The second kappa shape index (κ2) is 7.23. The van der Waals surface area contributed by atoms with Gasteiger partial charge >= 0.3 is 0 Å². The SMILES string of the molecule is CCc1cccc(C)c1NS(=O)(=O)c1ccc2c(c1)N(C(C)=O)C[C@H](C)O2. The van der Waals surface area contributed by atoms with Crippen LogP contribution in [0.5, 0.6) is 5.75 Å². The number of nitrogens with one attached hydrogen (secondary N) is 1. The molecule has 3 rings (SSSR count). The maximum Gasteiger partial charge on any atom is 0.261 e. The molecule has 1 aliphatic rings. The van der Waals surface area contributed by atoms with Gasteiger partial charge in [-0.2, -0.15) is 0 Å². The Hall–Kier alpha value is -2.54. The summed E-state index contributed by atoms with van der Waals surface area (Å²) in [6.45, 7) is 7.57. The van der Waals surface area contributed by atoms with Crippen LogP contribution in [-0.4, -0.2) is 27.0 Å². The van der Waals surface area contributed by atoms with Gasteiger partial charge in [-0.15, -0.1) is 0 Å². The van der Waals surface area contributed by atoms with Gasteiger partial charge < -0.3 is 9.64 Å². The molecule has 0 aromatic heterocycles. The number of sulfonamides is 1. The first-order valence-corrected chi connectivity index (χ1v) is 10.4. The van der Waals surface area contributed by atoms with E-state index in [2.05, 4.69) is 4.72 Å². The van der Waals surface area contributed by atoms with E-state index in [1.54, 1.807) is 11.0 Å². The minimum absolute atomic E-state index is 0.0935. The number of nitrogens with zero attached hydrogens (tertiary/aromatic N) is 1. The van der Waals surface area contributed by atoms with E-state index in [1.165, 1.54) is 19.1 Å². The van der Waals surface area contributed by atoms with Gasteiger partial charge in [0.2, 0.25) is 5.91 Å². The first-order chi connectivity index (χ1) is 12.7. The molecular formula is C20H24N2O4S. The van der Waals surface area contributed by atoms with Crippen LogP contribution in [-0.2, 0) is 21.2 Å². The number of aryl methyl sites for hydroxylation is 2. The monoisotopic (exact) mass is 388 g/mol. The molecule has 0 unspecified atom stereocenters. The van der Waals surface area contributed by atoms with E-state index in [-0.39, 0.29) is 16.9 Å². The topological polar surface area (TPSA) is 75.7 Å². The molecule has 6 nitrogen and oxygen atoms in total. The van der Waals surface area contributed by atoms with Crippen LogP contribution in [0, 0.1) is 6.92 Å². The lowest BCUT2D eigenvalue weighted by Gasteiger charge is -2.33. The van der Waals surface area contributed by atoms with Crippen molar-refractivity contribution in [2.75, 3.05) is 16.2 Å². The number of rotatable bonds is 4. The van der Waals surface area contributed by atoms with Gasteiger partial charge in [-0.1, -0.05) is 25.1 Å².